The first-order valence-electron chi connectivity index (χ1n) is 11.2. The van der Waals surface area contributed by atoms with E-state index in [-0.39, 0.29) is 0 Å². The van der Waals surface area contributed by atoms with Gasteiger partial charge in [-0.3, -0.25) is 4.68 Å². The van der Waals surface area contributed by atoms with Gasteiger partial charge in [0.15, 0.2) is 5.75 Å². The van der Waals surface area contributed by atoms with E-state index in [9.17, 15) is 0 Å². The fourth-order valence-corrected chi connectivity index (χ4v) is 4.25. The number of pyridine rings is 1. The summed E-state index contributed by atoms with van der Waals surface area (Å²) in [6, 6.07) is 13.9. The first kappa shape index (κ1) is 20.2. The summed E-state index contributed by atoms with van der Waals surface area (Å²) in [5.41, 5.74) is 4.41. The first-order chi connectivity index (χ1) is 16.7. The third kappa shape index (κ3) is 3.92. The van der Waals surface area contributed by atoms with Crippen LogP contribution in [0.3, 0.4) is 0 Å². The van der Waals surface area contributed by atoms with Gasteiger partial charge in [0.05, 0.1) is 36.0 Å². The molecule has 1 aliphatic heterocycles. The smallest absolute Gasteiger partial charge is 0.225 e. The molecule has 0 unspecified atom stereocenters. The lowest BCUT2D eigenvalue weighted by Crippen LogP contribution is -2.47. The number of fused-ring (bicyclic) bond motifs is 1. The number of rotatable bonds is 5. The van der Waals surface area contributed by atoms with E-state index in [2.05, 4.69) is 48.3 Å². The molecule has 0 radical (unpaired) electrons. The minimum atomic E-state index is 0.630. The molecule has 1 saturated heterocycles. The molecule has 170 valence electrons. The summed E-state index contributed by atoms with van der Waals surface area (Å²) in [7, 11) is 1.92. The fourth-order valence-electron chi connectivity index (χ4n) is 4.25. The summed E-state index contributed by atoms with van der Waals surface area (Å²) in [5, 5.41) is 8.87. The summed E-state index contributed by atoms with van der Waals surface area (Å²) in [4.78, 5) is 13.6. The van der Waals surface area contributed by atoms with Crippen LogP contribution in [0.5, 0.6) is 11.5 Å². The highest BCUT2D eigenvalue weighted by Gasteiger charge is 2.22. The Hall–Kier alpha value is -4.40. The van der Waals surface area contributed by atoms with Crippen LogP contribution in [0.15, 0.2) is 79.6 Å². The van der Waals surface area contributed by atoms with Gasteiger partial charge in [-0.15, -0.1) is 0 Å². The van der Waals surface area contributed by atoms with Crippen molar-refractivity contribution >= 4 is 17.2 Å². The standard InChI is InChI=1S/C25H24N8O/c1-30-17-20(13-28-30)19-7-8-23-24(16-29-33(23)18-19)31-9-11-32(12-10-31)25-26-14-22(15-27-25)34-21-5-3-2-4-6-21/h2-8,13-18H,9-12H2,1H3. The zero-order valence-electron chi connectivity index (χ0n) is 18.8. The largest absolute Gasteiger partial charge is 0.454 e. The highest BCUT2D eigenvalue weighted by Crippen LogP contribution is 2.27. The molecule has 6 rings (SSSR count). The third-order valence-corrected chi connectivity index (χ3v) is 6.03. The molecule has 0 atom stereocenters. The van der Waals surface area contributed by atoms with Crippen LogP contribution in [0.2, 0.25) is 0 Å². The summed E-state index contributed by atoms with van der Waals surface area (Å²) in [6.07, 6.45) is 11.3. The van der Waals surface area contributed by atoms with Crippen LogP contribution < -0.4 is 14.5 Å². The summed E-state index contributed by atoms with van der Waals surface area (Å²) in [6.45, 7) is 3.42. The van der Waals surface area contributed by atoms with Crippen molar-refractivity contribution in [2.45, 2.75) is 0 Å². The molecule has 0 amide bonds. The van der Waals surface area contributed by atoms with Gasteiger partial charge < -0.3 is 14.5 Å². The Morgan fingerprint density at radius 2 is 1.47 bits per heavy atom. The number of aryl methyl sites for hydroxylation is 1. The van der Waals surface area contributed by atoms with Crippen LogP contribution in [-0.2, 0) is 7.05 Å². The van der Waals surface area contributed by atoms with Crippen molar-refractivity contribution in [3.05, 3.63) is 79.6 Å². The van der Waals surface area contributed by atoms with E-state index in [0.717, 1.165) is 60.2 Å². The summed E-state index contributed by atoms with van der Waals surface area (Å²) >= 11 is 0. The van der Waals surface area contributed by atoms with Gasteiger partial charge in [-0.2, -0.15) is 10.2 Å². The first-order valence-corrected chi connectivity index (χ1v) is 11.2. The highest BCUT2D eigenvalue weighted by atomic mass is 16.5. The number of hydrogen-bond acceptors (Lipinski definition) is 7. The topological polar surface area (TPSA) is 76.6 Å². The Labute approximate surface area is 196 Å². The van der Waals surface area contributed by atoms with E-state index in [1.807, 2.05) is 60.5 Å². The van der Waals surface area contributed by atoms with Crippen LogP contribution in [0.25, 0.3) is 16.6 Å². The van der Waals surface area contributed by atoms with E-state index < -0.39 is 0 Å². The maximum Gasteiger partial charge on any atom is 0.225 e. The van der Waals surface area contributed by atoms with Gasteiger partial charge in [0.2, 0.25) is 5.95 Å². The molecule has 9 heteroatoms. The number of aromatic nitrogens is 6. The number of benzene rings is 1. The molecule has 1 aromatic carbocycles. The lowest BCUT2D eigenvalue weighted by Gasteiger charge is -2.35. The maximum atomic E-state index is 5.80. The normalized spacial score (nSPS) is 14.0. The Morgan fingerprint density at radius 3 is 2.21 bits per heavy atom. The molecule has 1 aliphatic rings. The predicted octanol–water partition coefficient (Wildman–Crippen LogP) is 3.64. The average molecular weight is 453 g/mol. The SMILES string of the molecule is Cn1cc(-c2ccc3c(N4CCN(c5ncc(Oc6ccccc6)cn5)CC4)cnn3c2)cn1. The fraction of sp³-hybridized carbons (Fsp3) is 0.200. The van der Waals surface area contributed by atoms with Crippen LogP contribution in [-0.4, -0.2) is 55.5 Å². The van der Waals surface area contributed by atoms with Crippen molar-refractivity contribution in [3.63, 3.8) is 0 Å². The van der Waals surface area contributed by atoms with Crippen LogP contribution in [0.1, 0.15) is 0 Å². The molecule has 4 aromatic heterocycles. The maximum absolute atomic E-state index is 5.80. The molecule has 9 nitrogen and oxygen atoms in total. The number of para-hydroxylation sites is 1. The van der Waals surface area contributed by atoms with Gasteiger partial charge in [0.1, 0.15) is 5.75 Å². The molecule has 1 fully saturated rings. The van der Waals surface area contributed by atoms with Crippen molar-refractivity contribution in [2.75, 3.05) is 36.0 Å². The van der Waals surface area contributed by atoms with Crippen LogP contribution in [0, 0.1) is 0 Å². The predicted molar refractivity (Wildman–Crippen MR) is 130 cm³/mol. The van der Waals surface area contributed by atoms with E-state index in [1.54, 1.807) is 17.1 Å². The number of piperazine rings is 1. The number of hydrogen-bond donors (Lipinski definition) is 0. The van der Waals surface area contributed by atoms with Crippen molar-refractivity contribution in [1.29, 1.82) is 0 Å². The monoisotopic (exact) mass is 452 g/mol. The van der Waals surface area contributed by atoms with E-state index in [4.69, 9.17) is 4.74 Å². The van der Waals surface area contributed by atoms with Gasteiger partial charge in [-0.25, -0.2) is 14.5 Å². The number of nitrogens with zero attached hydrogens (tertiary/aromatic N) is 8. The van der Waals surface area contributed by atoms with Gasteiger partial charge >= 0.3 is 0 Å². The molecule has 0 bridgehead atoms. The third-order valence-electron chi connectivity index (χ3n) is 6.03. The second kappa shape index (κ2) is 8.51. The van der Waals surface area contributed by atoms with Crippen LogP contribution >= 0.6 is 0 Å². The zero-order chi connectivity index (χ0) is 22.9. The van der Waals surface area contributed by atoms with Crippen molar-refractivity contribution in [1.82, 2.24) is 29.4 Å². The summed E-state index contributed by atoms with van der Waals surface area (Å²) < 4.78 is 9.55. The molecule has 0 spiro atoms. The second-order valence-electron chi connectivity index (χ2n) is 8.29. The second-order valence-corrected chi connectivity index (χ2v) is 8.29. The molecular weight excluding hydrogens is 428 g/mol. The number of ether oxygens (including phenoxy) is 1. The Bertz CT molecular complexity index is 1400. The minimum absolute atomic E-state index is 0.630. The quantitative estimate of drug-likeness (QED) is 0.403. The molecule has 34 heavy (non-hydrogen) atoms. The van der Waals surface area contributed by atoms with Crippen molar-refractivity contribution < 1.29 is 4.74 Å². The Balaban J connectivity index is 1.12. The molecule has 0 N–H and O–H groups in total. The minimum Gasteiger partial charge on any atom is -0.454 e. The van der Waals surface area contributed by atoms with Gasteiger partial charge in [0, 0.05) is 56.7 Å². The van der Waals surface area contributed by atoms with E-state index in [1.165, 1.54) is 0 Å². The Kier molecular flexibility index (Phi) is 5.06. The lowest BCUT2D eigenvalue weighted by molar-refractivity contribution is 0.477. The highest BCUT2D eigenvalue weighted by molar-refractivity contribution is 5.75. The molecule has 0 aliphatic carbocycles. The van der Waals surface area contributed by atoms with Crippen LogP contribution in [0.4, 0.5) is 11.6 Å². The zero-order valence-corrected chi connectivity index (χ0v) is 18.8. The van der Waals surface area contributed by atoms with Gasteiger partial charge in [0.25, 0.3) is 0 Å². The lowest BCUT2D eigenvalue weighted by atomic mass is 10.1. The molecular formula is C25H24N8O. The van der Waals surface area contributed by atoms with Crippen molar-refractivity contribution in [2.24, 2.45) is 7.05 Å². The average Bonchev–Trinajstić information content (AvgIpc) is 3.51. The summed E-state index contributed by atoms with van der Waals surface area (Å²) in [5.74, 6) is 2.13. The Morgan fingerprint density at radius 1 is 0.706 bits per heavy atom. The van der Waals surface area contributed by atoms with Gasteiger partial charge in [-0.05, 0) is 18.2 Å². The molecule has 5 heterocycles. The van der Waals surface area contributed by atoms with Gasteiger partial charge in [-0.1, -0.05) is 24.3 Å². The van der Waals surface area contributed by atoms with Crippen molar-refractivity contribution in [3.8, 4) is 22.6 Å². The van der Waals surface area contributed by atoms with E-state index in [0.29, 0.717) is 5.75 Å². The number of anilines is 2. The molecule has 0 saturated carbocycles. The van der Waals surface area contributed by atoms with E-state index >= 15 is 0 Å². The molecule has 5 aromatic rings.